The summed E-state index contributed by atoms with van der Waals surface area (Å²) in [6.45, 7) is 5.37. The molecule has 0 radical (unpaired) electrons. The van der Waals surface area contributed by atoms with Gasteiger partial charge in [-0.2, -0.15) is 0 Å². The number of nitrogens with zero attached hydrogens (tertiary/aromatic N) is 3. The third kappa shape index (κ3) is 3.17. The minimum absolute atomic E-state index is 0.884. The highest BCUT2D eigenvalue weighted by Crippen LogP contribution is 2.18. The topological polar surface area (TPSA) is 31.4 Å². The maximum Gasteiger partial charge on any atom is 0.133 e. The molecule has 1 saturated heterocycles. The molecule has 94 valence electrons. The van der Waals surface area contributed by atoms with Gasteiger partial charge in [0.1, 0.15) is 5.82 Å². The maximum absolute atomic E-state index is 4.56. The molecule has 0 bridgehead atoms. The van der Waals surface area contributed by atoms with Crippen LogP contribution < -0.4 is 10.2 Å². The van der Waals surface area contributed by atoms with Crippen molar-refractivity contribution in [1.82, 2.24) is 15.2 Å². The SMILES string of the molecule is CNCc1cccnc1N1CCCN(C)CC1. The summed E-state index contributed by atoms with van der Waals surface area (Å²) in [4.78, 5) is 9.36. The zero-order valence-electron chi connectivity index (χ0n) is 10.8. The number of pyridine rings is 1. The van der Waals surface area contributed by atoms with Crippen LogP contribution in [0.4, 0.5) is 5.82 Å². The first kappa shape index (κ1) is 12.3. The molecule has 1 aromatic rings. The van der Waals surface area contributed by atoms with Crippen LogP contribution in [-0.2, 0) is 6.54 Å². The van der Waals surface area contributed by atoms with E-state index in [0.717, 1.165) is 32.0 Å². The van der Waals surface area contributed by atoms with Crippen LogP contribution in [0.25, 0.3) is 0 Å². The summed E-state index contributed by atoms with van der Waals surface area (Å²) < 4.78 is 0. The van der Waals surface area contributed by atoms with Gasteiger partial charge in [0.15, 0.2) is 0 Å². The van der Waals surface area contributed by atoms with Gasteiger partial charge in [0.25, 0.3) is 0 Å². The molecule has 1 aromatic heterocycles. The van der Waals surface area contributed by atoms with Crippen LogP contribution in [0.15, 0.2) is 18.3 Å². The summed E-state index contributed by atoms with van der Waals surface area (Å²) in [6.07, 6.45) is 3.11. The van der Waals surface area contributed by atoms with Crippen LogP contribution >= 0.6 is 0 Å². The molecule has 17 heavy (non-hydrogen) atoms. The predicted octanol–water partition coefficient (Wildman–Crippen LogP) is 0.943. The fraction of sp³-hybridized carbons (Fsp3) is 0.615. The zero-order valence-corrected chi connectivity index (χ0v) is 10.8. The molecule has 0 atom stereocenters. The van der Waals surface area contributed by atoms with E-state index >= 15 is 0 Å². The fourth-order valence-electron chi connectivity index (χ4n) is 2.30. The fourth-order valence-corrected chi connectivity index (χ4v) is 2.30. The quantitative estimate of drug-likeness (QED) is 0.843. The van der Waals surface area contributed by atoms with Gasteiger partial charge >= 0.3 is 0 Å². The Morgan fingerprint density at radius 2 is 2.18 bits per heavy atom. The molecule has 0 unspecified atom stereocenters. The van der Waals surface area contributed by atoms with Crippen molar-refractivity contribution >= 4 is 5.82 Å². The summed E-state index contributed by atoms with van der Waals surface area (Å²) in [6, 6.07) is 4.17. The minimum Gasteiger partial charge on any atom is -0.355 e. The lowest BCUT2D eigenvalue weighted by molar-refractivity contribution is 0.360. The monoisotopic (exact) mass is 234 g/mol. The molecule has 1 N–H and O–H groups in total. The minimum atomic E-state index is 0.884. The second-order valence-electron chi connectivity index (χ2n) is 4.66. The zero-order chi connectivity index (χ0) is 12.1. The van der Waals surface area contributed by atoms with E-state index in [1.165, 1.54) is 18.5 Å². The molecule has 0 saturated carbocycles. The molecule has 1 fully saturated rings. The molecule has 0 aliphatic carbocycles. The van der Waals surface area contributed by atoms with Gasteiger partial charge < -0.3 is 15.1 Å². The molecule has 1 aliphatic heterocycles. The van der Waals surface area contributed by atoms with E-state index in [-0.39, 0.29) is 0 Å². The summed E-state index contributed by atoms with van der Waals surface area (Å²) >= 11 is 0. The number of likely N-dealkylation sites (N-methyl/N-ethyl adjacent to an activating group) is 1. The van der Waals surface area contributed by atoms with Crippen LogP contribution in [0.2, 0.25) is 0 Å². The smallest absolute Gasteiger partial charge is 0.133 e. The Morgan fingerprint density at radius 1 is 1.29 bits per heavy atom. The average Bonchev–Trinajstić information content (AvgIpc) is 2.55. The lowest BCUT2D eigenvalue weighted by Gasteiger charge is -2.24. The molecule has 0 amide bonds. The number of hydrogen-bond donors (Lipinski definition) is 1. The van der Waals surface area contributed by atoms with Crippen LogP contribution in [0.1, 0.15) is 12.0 Å². The van der Waals surface area contributed by atoms with Gasteiger partial charge in [0.2, 0.25) is 0 Å². The Kier molecular flexibility index (Phi) is 4.34. The first-order valence-electron chi connectivity index (χ1n) is 6.33. The van der Waals surface area contributed by atoms with Crippen molar-refractivity contribution < 1.29 is 0 Å². The van der Waals surface area contributed by atoms with Crippen molar-refractivity contribution in [2.24, 2.45) is 0 Å². The largest absolute Gasteiger partial charge is 0.355 e. The highest BCUT2D eigenvalue weighted by molar-refractivity contribution is 5.46. The van der Waals surface area contributed by atoms with E-state index in [2.05, 4.69) is 33.2 Å². The Morgan fingerprint density at radius 3 is 3.00 bits per heavy atom. The van der Waals surface area contributed by atoms with Crippen LogP contribution in [0, 0.1) is 0 Å². The first-order valence-corrected chi connectivity index (χ1v) is 6.33. The summed E-state index contributed by atoms with van der Waals surface area (Å²) in [7, 11) is 4.17. The third-order valence-electron chi connectivity index (χ3n) is 3.25. The molecule has 2 heterocycles. The van der Waals surface area contributed by atoms with Gasteiger partial charge in [0, 0.05) is 37.9 Å². The van der Waals surface area contributed by atoms with Crippen molar-refractivity contribution in [3.8, 4) is 0 Å². The standard InChI is InChI=1S/C13H22N4/c1-14-11-12-5-3-6-15-13(12)17-8-4-7-16(2)9-10-17/h3,5-6,14H,4,7-11H2,1-2H3. The predicted molar refractivity (Wildman–Crippen MR) is 71.3 cm³/mol. The van der Waals surface area contributed by atoms with Crippen LogP contribution in [0.5, 0.6) is 0 Å². The van der Waals surface area contributed by atoms with Gasteiger partial charge in [-0.25, -0.2) is 4.98 Å². The highest BCUT2D eigenvalue weighted by atomic mass is 15.2. The third-order valence-corrected chi connectivity index (χ3v) is 3.25. The summed E-state index contributed by atoms with van der Waals surface area (Å²) in [5, 5.41) is 3.21. The molecule has 4 nitrogen and oxygen atoms in total. The van der Waals surface area contributed by atoms with E-state index in [4.69, 9.17) is 0 Å². The van der Waals surface area contributed by atoms with Crippen molar-refractivity contribution in [3.05, 3.63) is 23.9 Å². The van der Waals surface area contributed by atoms with Crippen LogP contribution in [-0.4, -0.2) is 50.2 Å². The average molecular weight is 234 g/mol. The van der Waals surface area contributed by atoms with E-state index in [1.54, 1.807) is 0 Å². The van der Waals surface area contributed by atoms with Gasteiger partial charge in [-0.1, -0.05) is 6.07 Å². The molecule has 1 aliphatic rings. The lowest BCUT2D eigenvalue weighted by atomic mass is 10.2. The van der Waals surface area contributed by atoms with Crippen molar-refractivity contribution in [2.45, 2.75) is 13.0 Å². The van der Waals surface area contributed by atoms with E-state index in [1.807, 2.05) is 19.3 Å². The van der Waals surface area contributed by atoms with Crippen molar-refractivity contribution in [1.29, 1.82) is 0 Å². The Labute approximate surface area is 104 Å². The number of anilines is 1. The van der Waals surface area contributed by atoms with Crippen molar-refractivity contribution in [2.75, 3.05) is 45.2 Å². The van der Waals surface area contributed by atoms with Gasteiger partial charge in [-0.05, 0) is 33.1 Å². The molecule has 0 spiro atoms. The van der Waals surface area contributed by atoms with Gasteiger partial charge in [-0.15, -0.1) is 0 Å². The second-order valence-corrected chi connectivity index (χ2v) is 4.66. The second kappa shape index (κ2) is 5.98. The number of rotatable bonds is 3. The lowest BCUT2D eigenvalue weighted by Crippen LogP contribution is -2.30. The van der Waals surface area contributed by atoms with Crippen LogP contribution in [0.3, 0.4) is 0 Å². The highest BCUT2D eigenvalue weighted by Gasteiger charge is 2.15. The van der Waals surface area contributed by atoms with Gasteiger partial charge in [0.05, 0.1) is 0 Å². The summed E-state index contributed by atoms with van der Waals surface area (Å²) in [5.41, 5.74) is 1.29. The maximum atomic E-state index is 4.56. The number of hydrogen-bond acceptors (Lipinski definition) is 4. The molecule has 0 aromatic carbocycles. The van der Waals surface area contributed by atoms with Gasteiger partial charge in [-0.3, -0.25) is 0 Å². The van der Waals surface area contributed by atoms with E-state index in [9.17, 15) is 0 Å². The Hall–Kier alpha value is -1.13. The number of nitrogens with one attached hydrogen (secondary N) is 1. The molecular formula is C13H22N4. The van der Waals surface area contributed by atoms with Crippen molar-refractivity contribution in [3.63, 3.8) is 0 Å². The number of aromatic nitrogens is 1. The van der Waals surface area contributed by atoms with E-state index < -0.39 is 0 Å². The summed E-state index contributed by atoms with van der Waals surface area (Å²) in [5.74, 6) is 1.15. The Bertz CT molecular complexity index is 353. The molecular weight excluding hydrogens is 212 g/mol. The Balaban J connectivity index is 2.14. The normalized spacial score (nSPS) is 18.1. The van der Waals surface area contributed by atoms with E-state index in [0.29, 0.717) is 0 Å². The first-order chi connectivity index (χ1) is 8.31. The molecule has 4 heteroatoms. The molecule has 2 rings (SSSR count).